The number of aromatic nitrogens is 1. The summed E-state index contributed by atoms with van der Waals surface area (Å²) in [6, 6.07) is 0. The van der Waals surface area contributed by atoms with E-state index in [1.807, 2.05) is 31.2 Å². The number of amides is 1. The number of nitrogens with zero attached hydrogens (tertiary/aromatic N) is 2. The van der Waals surface area contributed by atoms with Crippen LogP contribution in [0.2, 0.25) is 0 Å². The van der Waals surface area contributed by atoms with Crippen molar-refractivity contribution >= 4 is 17.2 Å². The predicted octanol–water partition coefficient (Wildman–Crippen LogP) is 1.84. The fraction of sp³-hybridized carbons (Fsp3) is 0.692. The summed E-state index contributed by atoms with van der Waals surface area (Å²) >= 11 is 1.70. The summed E-state index contributed by atoms with van der Waals surface area (Å²) in [6.45, 7) is 9.34. The van der Waals surface area contributed by atoms with Gasteiger partial charge in [0, 0.05) is 37.5 Å². The first-order chi connectivity index (χ1) is 8.69. The zero-order valence-corrected chi connectivity index (χ0v) is 12.3. The Morgan fingerprint density at radius 3 is 2.67 bits per heavy atom. The molecule has 0 fully saturated rings. The van der Waals surface area contributed by atoms with Crippen molar-refractivity contribution < 1.29 is 4.79 Å². The second-order valence-corrected chi connectivity index (χ2v) is 5.12. The predicted molar refractivity (Wildman–Crippen MR) is 76.0 cm³/mol. The summed E-state index contributed by atoms with van der Waals surface area (Å²) in [5.41, 5.74) is 3.01. The zero-order valence-electron chi connectivity index (χ0n) is 11.5. The summed E-state index contributed by atoms with van der Waals surface area (Å²) in [4.78, 5) is 19.1. The Bertz CT molecular complexity index is 361. The first-order valence-corrected chi connectivity index (χ1v) is 7.44. The van der Waals surface area contributed by atoms with Crippen LogP contribution in [0.25, 0.3) is 0 Å². The third-order valence-corrected chi connectivity index (χ3v) is 4.00. The van der Waals surface area contributed by atoms with Gasteiger partial charge in [0.05, 0.1) is 11.2 Å². The summed E-state index contributed by atoms with van der Waals surface area (Å²) in [5.74, 6) is 0.237. The topological polar surface area (TPSA) is 45.2 Å². The highest BCUT2D eigenvalue weighted by molar-refractivity contribution is 7.09. The maximum Gasteiger partial charge on any atom is 0.223 e. The van der Waals surface area contributed by atoms with E-state index in [0.29, 0.717) is 6.42 Å². The maximum absolute atomic E-state index is 11.7. The average molecular weight is 269 g/mol. The highest BCUT2D eigenvalue weighted by Crippen LogP contribution is 2.11. The van der Waals surface area contributed by atoms with Gasteiger partial charge in [0.1, 0.15) is 0 Å². The molecule has 102 valence electrons. The fourth-order valence-electron chi connectivity index (χ4n) is 1.82. The number of thiazole rings is 1. The Morgan fingerprint density at radius 2 is 2.11 bits per heavy atom. The highest BCUT2D eigenvalue weighted by Gasteiger charge is 2.08. The van der Waals surface area contributed by atoms with Crippen molar-refractivity contribution in [2.24, 2.45) is 0 Å². The molecule has 0 atom stereocenters. The van der Waals surface area contributed by atoms with Crippen molar-refractivity contribution in [1.82, 2.24) is 15.2 Å². The van der Waals surface area contributed by atoms with Crippen LogP contribution in [0.5, 0.6) is 0 Å². The van der Waals surface area contributed by atoms with Crippen molar-refractivity contribution in [3.63, 3.8) is 0 Å². The number of aryl methyl sites for hydroxylation is 1. The van der Waals surface area contributed by atoms with E-state index in [1.165, 1.54) is 4.88 Å². The maximum atomic E-state index is 11.7. The molecule has 1 N–H and O–H groups in total. The number of carbonyl (C=O) groups excluding carboxylic acids is 1. The smallest absolute Gasteiger partial charge is 0.223 e. The van der Waals surface area contributed by atoms with Crippen LogP contribution >= 0.6 is 11.3 Å². The van der Waals surface area contributed by atoms with Crippen molar-refractivity contribution in [3.05, 3.63) is 16.1 Å². The van der Waals surface area contributed by atoms with E-state index in [2.05, 4.69) is 10.3 Å². The van der Waals surface area contributed by atoms with Gasteiger partial charge in [-0.05, 0) is 27.2 Å². The van der Waals surface area contributed by atoms with Crippen molar-refractivity contribution in [2.75, 3.05) is 26.2 Å². The monoisotopic (exact) mass is 269 g/mol. The summed E-state index contributed by atoms with van der Waals surface area (Å²) < 4.78 is 0. The largest absolute Gasteiger partial charge is 0.343 e. The molecule has 0 aromatic carbocycles. The Balaban J connectivity index is 2.12. The molecule has 0 spiro atoms. The fourth-order valence-corrected chi connectivity index (χ4v) is 2.60. The van der Waals surface area contributed by atoms with Gasteiger partial charge in [-0.1, -0.05) is 0 Å². The molecule has 1 aromatic heterocycles. The lowest BCUT2D eigenvalue weighted by molar-refractivity contribution is -0.130. The van der Waals surface area contributed by atoms with Gasteiger partial charge in [-0.2, -0.15) is 0 Å². The molecule has 5 heteroatoms. The minimum Gasteiger partial charge on any atom is -0.343 e. The van der Waals surface area contributed by atoms with Crippen LogP contribution in [0.1, 0.15) is 30.8 Å². The molecular weight excluding hydrogens is 246 g/mol. The Hall–Kier alpha value is -0.940. The van der Waals surface area contributed by atoms with Gasteiger partial charge < -0.3 is 10.2 Å². The Kier molecular flexibility index (Phi) is 6.90. The van der Waals surface area contributed by atoms with Crippen LogP contribution in [0.3, 0.4) is 0 Å². The van der Waals surface area contributed by atoms with E-state index >= 15 is 0 Å². The second-order valence-electron chi connectivity index (χ2n) is 4.18. The average Bonchev–Trinajstić information content (AvgIpc) is 2.76. The minimum atomic E-state index is 0.237. The van der Waals surface area contributed by atoms with Gasteiger partial charge >= 0.3 is 0 Å². The molecule has 0 aliphatic rings. The molecule has 1 amide bonds. The third-order valence-electron chi connectivity index (χ3n) is 3.01. The summed E-state index contributed by atoms with van der Waals surface area (Å²) in [5, 5.41) is 3.32. The van der Waals surface area contributed by atoms with E-state index in [4.69, 9.17) is 0 Å². The van der Waals surface area contributed by atoms with Crippen LogP contribution in [-0.2, 0) is 11.2 Å². The summed E-state index contributed by atoms with van der Waals surface area (Å²) in [7, 11) is 0. The Morgan fingerprint density at radius 1 is 1.39 bits per heavy atom. The molecule has 1 rings (SSSR count). The number of carbonyl (C=O) groups is 1. The number of hydrogen-bond acceptors (Lipinski definition) is 4. The molecule has 0 radical (unpaired) electrons. The standard InChI is InChI=1S/C13H23N3OS/c1-4-16(5-2)13(17)7-9-14-8-6-12-11(3)15-10-18-12/h10,14H,4-9H2,1-3H3. The number of nitrogens with one attached hydrogen (secondary N) is 1. The molecule has 1 aromatic rings. The molecule has 1 heterocycles. The van der Waals surface area contributed by atoms with Gasteiger partial charge in [-0.25, -0.2) is 4.98 Å². The van der Waals surface area contributed by atoms with Crippen LogP contribution in [0.15, 0.2) is 5.51 Å². The first kappa shape index (κ1) is 15.1. The molecule has 4 nitrogen and oxygen atoms in total. The minimum absolute atomic E-state index is 0.237. The van der Waals surface area contributed by atoms with Crippen LogP contribution < -0.4 is 5.32 Å². The molecule has 0 saturated heterocycles. The number of hydrogen-bond donors (Lipinski definition) is 1. The van der Waals surface area contributed by atoms with E-state index < -0.39 is 0 Å². The van der Waals surface area contributed by atoms with Gasteiger partial charge in [-0.3, -0.25) is 4.79 Å². The van der Waals surface area contributed by atoms with E-state index in [9.17, 15) is 4.79 Å². The second kappa shape index (κ2) is 8.21. The Labute approximate surface area is 113 Å². The molecular formula is C13H23N3OS. The lowest BCUT2D eigenvalue weighted by atomic mass is 10.3. The molecule has 0 aliphatic heterocycles. The SMILES string of the molecule is CCN(CC)C(=O)CCNCCc1scnc1C. The van der Waals surface area contributed by atoms with E-state index in [1.54, 1.807) is 11.3 Å². The highest BCUT2D eigenvalue weighted by atomic mass is 32.1. The van der Waals surface area contributed by atoms with E-state index in [-0.39, 0.29) is 5.91 Å². The van der Waals surface area contributed by atoms with Gasteiger partial charge in [0.25, 0.3) is 0 Å². The molecule has 0 saturated carbocycles. The van der Waals surface area contributed by atoms with Crippen LogP contribution in [0.4, 0.5) is 0 Å². The number of rotatable bonds is 8. The lowest BCUT2D eigenvalue weighted by Crippen LogP contribution is -2.33. The normalized spacial score (nSPS) is 10.6. The third kappa shape index (κ3) is 4.74. The molecule has 18 heavy (non-hydrogen) atoms. The quantitative estimate of drug-likeness (QED) is 0.733. The molecule has 0 bridgehead atoms. The van der Waals surface area contributed by atoms with E-state index in [0.717, 1.165) is 38.3 Å². The van der Waals surface area contributed by atoms with Crippen LogP contribution in [-0.4, -0.2) is 42.0 Å². The summed E-state index contributed by atoms with van der Waals surface area (Å²) in [6.07, 6.45) is 1.58. The van der Waals surface area contributed by atoms with Crippen molar-refractivity contribution in [2.45, 2.75) is 33.6 Å². The van der Waals surface area contributed by atoms with Crippen molar-refractivity contribution in [3.8, 4) is 0 Å². The molecule has 0 unspecified atom stereocenters. The van der Waals surface area contributed by atoms with Crippen molar-refractivity contribution in [1.29, 1.82) is 0 Å². The van der Waals surface area contributed by atoms with Crippen LogP contribution in [0, 0.1) is 6.92 Å². The van der Waals surface area contributed by atoms with Gasteiger partial charge in [0.15, 0.2) is 0 Å². The molecule has 0 aliphatic carbocycles. The first-order valence-electron chi connectivity index (χ1n) is 6.56. The zero-order chi connectivity index (χ0) is 13.4. The van der Waals surface area contributed by atoms with Gasteiger partial charge in [-0.15, -0.1) is 11.3 Å². The van der Waals surface area contributed by atoms with Gasteiger partial charge in [0.2, 0.25) is 5.91 Å². The lowest BCUT2D eigenvalue weighted by Gasteiger charge is -2.18.